The van der Waals surface area contributed by atoms with Gasteiger partial charge in [0.05, 0.1) is 0 Å². The first-order chi connectivity index (χ1) is 2.41. The van der Waals surface area contributed by atoms with Crippen LogP contribution in [0, 0.1) is 18.4 Å². The minimum Gasteiger partial charge on any atom is -0.734 e. The topological polar surface area (TPSA) is 22.3 Å². The highest BCUT2D eigenvalue weighted by Gasteiger charge is 1.51. The molecule has 5 heavy (non-hydrogen) atoms. The first-order valence-electron chi connectivity index (χ1n) is 1.01. The van der Waals surface area contributed by atoms with E-state index in [1.807, 2.05) is 12.0 Å². The van der Waals surface area contributed by atoms with Gasteiger partial charge in [-0.1, -0.05) is 5.87 Å². The Balaban J connectivity index is 3.46. The lowest BCUT2D eigenvalue weighted by Crippen LogP contribution is -1.39. The van der Waals surface area contributed by atoms with Crippen molar-refractivity contribution in [3.63, 3.8) is 0 Å². The molecule has 0 rings (SSSR count). The van der Waals surface area contributed by atoms with Crippen molar-refractivity contribution < 1.29 is 0 Å². The maximum atomic E-state index is 7.56. The van der Waals surface area contributed by atoms with Crippen LogP contribution >= 0.6 is 0 Å². The smallest absolute Gasteiger partial charge is 0.220 e. The van der Waals surface area contributed by atoms with E-state index in [4.69, 9.17) is 5.41 Å². The molecule has 0 aliphatic heterocycles. The van der Waals surface area contributed by atoms with Gasteiger partial charge in [0.2, 0.25) is 5.92 Å². The van der Waals surface area contributed by atoms with Gasteiger partial charge in [-0.25, -0.2) is 0 Å². The third-order valence-corrected chi connectivity index (χ3v) is 0.128. The minimum atomic E-state index is 1.53. The molecule has 0 radical (unpaired) electrons. The van der Waals surface area contributed by atoms with Crippen molar-refractivity contribution >= 4 is 5.87 Å². The van der Waals surface area contributed by atoms with Crippen LogP contribution in [0.15, 0.2) is 0 Å². The van der Waals surface area contributed by atoms with E-state index in [-0.39, 0.29) is 0 Å². The van der Waals surface area contributed by atoms with E-state index in [0.29, 0.717) is 0 Å². The van der Waals surface area contributed by atoms with Gasteiger partial charge in [-0.05, 0) is 0 Å². The van der Waals surface area contributed by atoms with Gasteiger partial charge in [-0.3, -0.25) is 0 Å². The van der Waals surface area contributed by atoms with Gasteiger partial charge in [-0.2, -0.15) is 0 Å². The van der Waals surface area contributed by atoms with Crippen LogP contribution in [0.1, 0.15) is 0 Å². The predicted molar refractivity (Wildman–Crippen MR) is 20.4 cm³/mol. The molecule has 22 valence electrons. The number of hydrogen-bond donors (Lipinski definition) is 0. The number of nitrogens with zero attached hydrogens (tertiary/aromatic N) is 1. The summed E-state index contributed by atoms with van der Waals surface area (Å²) in [6, 6.07) is 0. The summed E-state index contributed by atoms with van der Waals surface area (Å²) in [6.07, 6.45) is 6.50. The second kappa shape index (κ2) is 2.92. The molecule has 0 atom stereocenters. The third-order valence-electron chi connectivity index (χ3n) is 0.128. The standard InChI is InChI=1S/C4HN/c1-2-3-4-5/h1H. The molecule has 0 N–H and O–H groups in total. The fourth-order valence-corrected chi connectivity index (χ4v) is 0.0323. The Bertz CT molecular complexity index is 90.7. The molecule has 0 saturated heterocycles. The van der Waals surface area contributed by atoms with Crippen LogP contribution in [-0.2, 0) is 0 Å². The molecular weight excluding hydrogens is 62.1 g/mol. The summed E-state index contributed by atoms with van der Waals surface area (Å²) in [4.78, 5) is 0. The van der Waals surface area contributed by atoms with Crippen LogP contribution in [0.4, 0.5) is 0 Å². The SMILES string of the molecule is C#C[C+]=C=[N-]. The lowest BCUT2D eigenvalue weighted by molar-refractivity contribution is 2.30. The summed E-state index contributed by atoms with van der Waals surface area (Å²) >= 11 is 0. The molecule has 0 unspecified atom stereocenters. The molecule has 0 aromatic heterocycles. The van der Waals surface area contributed by atoms with E-state index in [9.17, 15) is 0 Å². The zero-order chi connectivity index (χ0) is 4.12. The maximum Gasteiger partial charge on any atom is 0.220 e. The van der Waals surface area contributed by atoms with Gasteiger partial charge >= 0.3 is 0 Å². The van der Waals surface area contributed by atoms with E-state index >= 15 is 0 Å². The second-order valence-corrected chi connectivity index (χ2v) is 0.381. The molecule has 0 aliphatic rings. The molecule has 0 aliphatic carbocycles. The van der Waals surface area contributed by atoms with E-state index < -0.39 is 0 Å². The number of terminal acetylenes is 1. The summed E-state index contributed by atoms with van der Waals surface area (Å²) in [6.45, 7) is 0. The summed E-state index contributed by atoms with van der Waals surface area (Å²) in [5, 5.41) is 7.56. The summed E-state index contributed by atoms with van der Waals surface area (Å²) in [7, 11) is 0. The fraction of sp³-hybridized carbons (Fsp3) is 0. The molecular formula is C4HN. The van der Waals surface area contributed by atoms with E-state index in [2.05, 4.69) is 6.42 Å². The zero-order valence-electron chi connectivity index (χ0n) is 2.52. The molecule has 0 aromatic carbocycles. The molecule has 0 fully saturated rings. The van der Waals surface area contributed by atoms with Crippen LogP contribution in [0.25, 0.3) is 5.41 Å². The second-order valence-electron chi connectivity index (χ2n) is 0.381. The van der Waals surface area contributed by atoms with Crippen LogP contribution in [0.3, 0.4) is 0 Å². The Labute approximate surface area is 30.8 Å². The normalized spacial score (nSPS) is 3.00. The van der Waals surface area contributed by atoms with Crippen LogP contribution < -0.4 is 0 Å². The predicted octanol–water partition coefficient (Wildman–Crippen LogP) is 0.218. The lowest BCUT2D eigenvalue weighted by atomic mass is 10.7. The first-order valence-corrected chi connectivity index (χ1v) is 1.01. The summed E-state index contributed by atoms with van der Waals surface area (Å²) in [5.41, 5.74) is 0. The summed E-state index contributed by atoms with van der Waals surface area (Å²) in [5.74, 6) is 3.44. The highest BCUT2D eigenvalue weighted by atomic mass is 14.3. The molecule has 0 bridgehead atoms. The third kappa shape index (κ3) is 2.92. The van der Waals surface area contributed by atoms with Gasteiger partial charge in [0.1, 0.15) is 6.42 Å². The van der Waals surface area contributed by atoms with Gasteiger partial charge in [0.25, 0.3) is 0 Å². The molecule has 1 nitrogen and oxygen atoms in total. The van der Waals surface area contributed by atoms with E-state index in [0.717, 1.165) is 0 Å². The van der Waals surface area contributed by atoms with Gasteiger partial charge in [-0.15, -0.1) is 0 Å². The van der Waals surface area contributed by atoms with Crippen molar-refractivity contribution in [2.24, 2.45) is 0 Å². The molecule has 0 spiro atoms. The quantitative estimate of drug-likeness (QED) is 0.218. The zero-order valence-corrected chi connectivity index (χ0v) is 2.52. The van der Waals surface area contributed by atoms with Gasteiger partial charge in [0.15, 0.2) is 6.08 Å². The Morgan fingerprint density at radius 1 is 1.80 bits per heavy atom. The maximum absolute atomic E-state index is 7.56. The van der Waals surface area contributed by atoms with Crippen molar-refractivity contribution in [2.45, 2.75) is 0 Å². The Morgan fingerprint density at radius 2 is 2.40 bits per heavy atom. The molecule has 1 heteroatoms. The Morgan fingerprint density at radius 3 is 2.40 bits per heavy atom. The average Bonchev–Trinajstić information content (AvgIpc) is 1.41. The van der Waals surface area contributed by atoms with Crippen LogP contribution in [0.2, 0.25) is 0 Å². The minimum absolute atomic E-state index is 1.53. The van der Waals surface area contributed by atoms with Gasteiger partial charge < -0.3 is 5.41 Å². The van der Waals surface area contributed by atoms with Crippen molar-refractivity contribution in [1.82, 2.24) is 0 Å². The van der Waals surface area contributed by atoms with E-state index in [1.165, 1.54) is 5.87 Å². The first kappa shape index (κ1) is 3.92. The molecule has 0 heterocycles. The lowest BCUT2D eigenvalue weighted by Gasteiger charge is -1.40. The van der Waals surface area contributed by atoms with Crippen molar-refractivity contribution in [3.8, 4) is 12.3 Å². The number of rotatable bonds is 0. The molecule has 0 aromatic rings. The van der Waals surface area contributed by atoms with Crippen molar-refractivity contribution in [2.75, 3.05) is 0 Å². The fourth-order valence-electron chi connectivity index (χ4n) is 0.0323. The number of allylic oxidation sites excluding steroid dienone is 1. The monoisotopic (exact) mass is 63.0 g/mol. The largest absolute Gasteiger partial charge is 0.734 e. The van der Waals surface area contributed by atoms with E-state index in [1.54, 1.807) is 0 Å². The highest BCUT2D eigenvalue weighted by Crippen LogP contribution is 1.38. The van der Waals surface area contributed by atoms with Crippen LogP contribution in [-0.4, -0.2) is 5.87 Å². The Kier molecular flexibility index (Phi) is 2.29. The van der Waals surface area contributed by atoms with Crippen molar-refractivity contribution in [3.05, 3.63) is 11.5 Å². The Hall–Kier alpha value is -1.08. The van der Waals surface area contributed by atoms with Crippen molar-refractivity contribution in [1.29, 1.82) is 0 Å². The molecule has 0 amide bonds. The summed E-state index contributed by atoms with van der Waals surface area (Å²) < 4.78 is 0. The van der Waals surface area contributed by atoms with Crippen LogP contribution in [0.5, 0.6) is 0 Å². The van der Waals surface area contributed by atoms with Gasteiger partial charge in [0, 0.05) is 0 Å². The highest BCUT2D eigenvalue weighted by molar-refractivity contribution is 5.55. The average molecular weight is 63.1 g/mol. The molecule has 0 saturated carbocycles. The number of hydrogen-bond acceptors (Lipinski definition) is 0.